The quantitative estimate of drug-likeness (QED) is 0.623. The molecule has 0 unspecified atom stereocenters. The molecule has 154 valence electrons. The Hall–Kier alpha value is -2.69. The van der Waals surface area contributed by atoms with E-state index in [2.05, 4.69) is 20.1 Å². The van der Waals surface area contributed by atoms with Crippen LogP contribution in [-0.4, -0.2) is 58.1 Å². The third-order valence-electron chi connectivity index (χ3n) is 4.90. The third-order valence-corrected chi connectivity index (χ3v) is 5.98. The second-order valence-corrected chi connectivity index (χ2v) is 9.47. The topological polar surface area (TPSA) is 93.4 Å². The maximum atomic E-state index is 13.0. The highest BCUT2D eigenvalue weighted by Crippen LogP contribution is 2.26. The molecule has 4 rings (SSSR count). The van der Waals surface area contributed by atoms with Gasteiger partial charge in [0.05, 0.1) is 17.6 Å². The van der Waals surface area contributed by atoms with Gasteiger partial charge in [0.1, 0.15) is 33.4 Å². The standard InChI is InChI=1S/C18H20F2N6O2S/c1-29(27,28)10-12-3-2-6-25(9-12)17-7-14(22-11-23-17)15-8-21-16-5-4-13(18(19)20)24-26(15)16/h4-5,7-8,11-12,18H,2-3,6,9-10H2,1H3/t12-/m1/s1. The molecule has 11 heteroatoms. The van der Waals surface area contributed by atoms with Crippen molar-refractivity contribution in [1.82, 2.24) is 24.6 Å². The van der Waals surface area contributed by atoms with Crippen molar-refractivity contribution in [3.05, 3.63) is 36.4 Å². The molecule has 0 spiro atoms. The first-order chi connectivity index (χ1) is 13.8. The smallest absolute Gasteiger partial charge is 0.282 e. The number of imidazole rings is 1. The number of hydrogen-bond acceptors (Lipinski definition) is 7. The molecule has 0 N–H and O–H groups in total. The van der Waals surface area contributed by atoms with E-state index in [0.29, 0.717) is 29.4 Å². The van der Waals surface area contributed by atoms with Gasteiger partial charge >= 0.3 is 0 Å². The van der Waals surface area contributed by atoms with E-state index in [1.54, 1.807) is 6.07 Å². The number of halogens is 2. The molecule has 8 nitrogen and oxygen atoms in total. The summed E-state index contributed by atoms with van der Waals surface area (Å²) in [6.07, 6.45) is 3.23. The normalized spacial score (nSPS) is 17.9. The molecule has 1 saturated heterocycles. The van der Waals surface area contributed by atoms with Gasteiger partial charge in [0.15, 0.2) is 5.65 Å². The molecule has 0 bridgehead atoms. The van der Waals surface area contributed by atoms with Crippen LogP contribution in [0.25, 0.3) is 17.0 Å². The van der Waals surface area contributed by atoms with Crippen molar-refractivity contribution >= 4 is 21.3 Å². The van der Waals surface area contributed by atoms with Gasteiger partial charge in [0.2, 0.25) is 0 Å². The molecule has 1 aliphatic rings. The van der Waals surface area contributed by atoms with Crippen LogP contribution >= 0.6 is 0 Å². The van der Waals surface area contributed by atoms with E-state index in [9.17, 15) is 17.2 Å². The van der Waals surface area contributed by atoms with Gasteiger partial charge in [0.25, 0.3) is 6.43 Å². The van der Waals surface area contributed by atoms with E-state index in [1.165, 1.54) is 35.4 Å². The molecule has 1 atom stereocenters. The van der Waals surface area contributed by atoms with Crippen LogP contribution in [0.3, 0.4) is 0 Å². The molecule has 29 heavy (non-hydrogen) atoms. The fourth-order valence-corrected chi connectivity index (χ4v) is 4.80. The Morgan fingerprint density at radius 3 is 2.83 bits per heavy atom. The maximum Gasteiger partial charge on any atom is 0.282 e. The Morgan fingerprint density at radius 2 is 2.07 bits per heavy atom. The fourth-order valence-electron chi connectivity index (χ4n) is 3.68. The lowest BCUT2D eigenvalue weighted by Gasteiger charge is -2.33. The lowest BCUT2D eigenvalue weighted by Crippen LogP contribution is -2.38. The average Bonchev–Trinajstić information content (AvgIpc) is 3.10. The minimum Gasteiger partial charge on any atom is -0.356 e. The summed E-state index contributed by atoms with van der Waals surface area (Å²) in [5.74, 6) is 0.853. The van der Waals surface area contributed by atoms with Crippen molar-refractivity contribution in [2.75, 3.05) is 30.0 Å². The lowest BCUT2D eigenvalue weighted by atomic mass is 10.00. The largest absolute Gasteiger partial charge is 0.356 e. The Balaban J connectivity index is 1.64. The van der Waals surface area contributed by atoms with Crippen molar-refractivity contribution < 1.29 is 17.2 Å². The number of rotatable bonds is 5. The van der Waals surface area contributed by atoms with Crippen molar-refractivity contribution in [2.45, 2.75) is 19.3 Å². The number of hydrogen-bond donors (Lipinski definition) is 0. The minimum atomic E-state index is -3.05. The Kier molecular flexibility index (Phi) is 5.15. The maximum absolute atomic E-state index is 13.0. The number of nitrogens with zero attached hydrogens (tertiary/aromatic N) is 6. The van der Waals surface area contributed by atoms with E-state index in [0.717, 1.165) is 19.4 Å². The molecule has 0 aliphatic carbocycles. The average molecular weight is 422 g/mol. The molecule has 3 aromatic rings. The molecule has 0 saturated carbocycles. The van der Waals surface area contributed by atoms with Gasteiger partial charge in [-0.2, -0.15) is 5.10 Å². The summed E-state index contributed by atoms with van der Waals surface area (Å²) in [5, 5.41) is 3.97. The van der Waals surface area contributed by atoms with E-state index in [-0.39, 0.29) is 17.4 Å². The van der Waals surface area contributed by atoms with E-state index < -0.39 is 16.3 Å². The fraction of sp³-hybridized carbons (Fsp3) is 0.444. The van der Waals surface area contributed by atoms with Gasteiger partial charge in [0, 0.05) is 25.4 Å². The monoisotopic (exact) mass is 422 g/mol. The lowest BCUT2D eigenvalue weighted by molar-refractivity contribution is 0.144. The zero-order valence-electron chi connectivity index (χ0n) is 15.7. The number of alkyl halides is 2. The molecule has 1 aliphatic heterocycles. The summed E-state index contributed by atoms with van der Waals surface area (Å²) in [6.45, 7) is 1.35. The number of fused-ring (bicyclic) bond motifs is 1. The van der Waals surface area contributed by atoms with Crippen molar-refractivity contribution in [2.24, 2.45) is 5.92 Å². The van der Waals surface area contributed by atoms with Gasteiger partial charge in [-0.3, -0.25) is 0 Å². The number of piperidine rings is 1. The number of aromatic nitrogens is 5. The van der Waals surface area contributed by atoms with Crippen LogP contribution in [0.2, 0.25) is 0 Å². The van der Waals surface area contributed by atoms with Gasteiger partial charge < -0.3 is 4.90 Å². The Morgan fingerprint density at radius 1 is 1.24 bits per heavy atom. The highest BCUT2D eigenvalue weighted by molar-refractivity contribution is 7.90. The predicted molar refractivity (Wildman–Crippen MR) is 104 cm³/mol. The summed E-state index contributed by atoms with van der Waals surface area (Å²) in [5.41, 5.74) is 1.09. The number of sulfone groups is 1. The van der Waals surface area contributed by atoms with Crippen LogP contribution in [0.5, 0.6) is 0 Å². The van der Waals surface area contributed by atoms with E-state index in [4.69, 9.17) is 0 Å². The van der Waals surface area contributed by atoms with Gasteiger partial charge in [-0.15, -0.1) is 0 Å². The third kappa shape index (κ3) is 4.34. The molecular formula is C18H20F2N6O2S. The van der Waals surface area contributed by atoms with Gasteiger partial charge in [-0.05, 0) is 30.9 Å². The predicted octanol–water partition coefficient (Wildman–Crippen LogP) is 2.38. The zero-order valence-corrected chi connectivity index (χ0v) is 16.6. The summed E-state index contributed by atoms with van der Waals surface area (Å²) in [6, 6.07) is 4.49. The summed E-state index contributed by atoms with van der Waals surface area (Å²) < 4.78 is 50.7. The van der Waals surface area contributed by atoms with E-state index in [1.807, 2.05) is 4.90 Å². The van der Waals surface area contributed by atoms with Crippen LogP contribution in [0.1, 0.15) is 25.0 Å². The molecule has 3 aromatic heterocycles. The van der Waals surface area contributed by atoms with E-state index >= 15 is 0 Å². The summed E-state index contributed by atoms with van der Waals surface area (Å²) in [7, 11) is -3.05. The Labute approximate surface area is 166 Å². The number of anilines is 1. The van der Waals surface area contributed by atoms with Gasteiger partial charge in [-0.1, -0.05) is 0 Å². The second-order valence-electron chi connectivity index (χ2n) is 7.28. The Bertz CT molecular complexity index is 1130. The molecule has 0 radical (unpaired) electrons. The van der Waals surface area contributed by atoms with Crippen molar-refractivity contribution in [3.63, 3.8) is 0 Å². The van der Waals surface area contributed by atoms with Crippen LogP contribution in [-0.2, 0) is 9.84 Å². The SMILES string of the molecule is CS(=O)(=O)C[C@@H]1CCCN(c2cc(-c3cnc4ccc(C(F)F)nn34)ncn2)C1. The molecule has 4 heterocycles. The van der Waals surface area contributed by atoms with Crippen LogP contribution in [0.4, 0.5) is 14.6 Å². The molecule has 0 amide bonds. The van der Waals surface area contributed by atoms with Crippen molar-refractivity contribution in [1.29, 1.82) is 0 Å². The minimum absolute atomic E-state index is 0.0447. The second kappa shape index (κ2) is 7.62. The first-order valence-electron chi connectivity index (χ1n) is 9.18. The summed E-state index contributed by atoms with van der Waals surface area (Å²) >= 11 is 0. The first-order valence-corrected chi connectivity index (χ1v) is 11.2. The first kappa shape index (κ1) is 19.6. The van der Waals surface area contributed by atoms with Gasteiger partial charge in [-0.25, -0.2) is 36.7 Å². The van der Waals surface area contributed by atoms with Crippen LogP contribution < -0.4 is 4.90 Å². The molecule has 1 fully saturated rings. The van der Waals surface area contributed by atoms with Crippen LogP contribution in [0.15, 0.2) is 30.7 Å². The summed E-state index contributed by atoms with van der Waals surface area (Å²) in [4.78, 5) is 14.8. The van der Waals surface area contributed by atoms with Crippen LogP contribution in [0, 0.1) is 5.92 Å². The van der Waals surface area contributed by atoms with Crippen molar-refractivity contribution in [3.8, 4) is 11.4 Å². The highest BCUT2D eigenvalue weighted by atomic mass is 32.2. The molecule has 0 aromatic carbocycles. The highest BCUT2D eigenvalue weighted by Gasteiger charge is 2.24. The zero-order chi connectivity index (χ0) is 20.6. The molecular weight excluding hydrogens is 402 g/mol.